The van der Waals surface area contributed by atoms with E-state index in [2.05, 4.69) is 18.3 Å². The van der Waals surface area contributed by atoms with Gasteiger partial charge in [0.15, 0.2) is 0 Å². The average Bonchev–Trinajstić information content (AvgIpc) is 2.44. The van der Waals surface area contributed by atoms with Gasteiger partial charge in [0.1, 0.15) is 0 Å². The van der Waals surface area contributed by atoms with Crippen molar-refractivity contribution in [1.82, 2.24) is 5.32 Å². The molecule has 0 aromatic heterocycles. The molecule has 0 spiro atoms. The number of benzene rings is 2. The van der Waals surface area contributed by atoms with Crippen molar-refractivity contribution in [3.05, 3.63) is 57.0 Å². The predicted molar refractivity (Wildman–Crippen MR) is 89.5 cm³/mol. The first-order valence-corrected chi connectivity index (χ1v) is 8.06. The van der Waals surface area contributed by atoms with Crippen LogP contribution in [0.4, 0.5) is 0 Å². The van der Waals surface area contributed by atoms with Crippen LogP contribution in [0.3, 0.4) is 0 Å². The third-order valence-corrected chi connectivity index (χ3v) is 5.24. The van der Waals surface area contributed by atoms with Crippen LogP contribution >= 0.6 is 46.6 Å². The fourth-order valence-corrected chi connectivity index (χ4v) is 3.37. The summed E-state index contributed by atoms with van der Waals surface area (Å²) in [4.78, 5) is 1.86. The van der Waals surface area contributed by atoms with Crippen LogP contribution in [0.25, 0.3) is 0 Å². The molecule has 0 radical (unpaired) electrons. The van der Waals surface area contributed by atoms with Crippen molar-refractivity contribution < 1.29 is 0 Å². The molecule has 1 atom stereocenters. The van der Waals surface area contributed by atoms with Gasteiger partial charge in [0.25, 0.3) is 0 Å². The third-order valence-electron chi connectivity index (χ3n) is 3.00. The summed E-state index contributed by atoms with van der Waals surface area (Å²) in [5, 5.41) is 5.23. The highest BCUT2D eigenvalue weighted by atomic mass is 35.5. The number of halogens is 3. The summed E-state index contributed by atoms with van der Waals surface area (Å²) in [5.41, 5.74) is 1.15. The maximum Gasteiger partial charge on any atom is 0.0548 e. The van der Waals surface area contributed by atoms with Crippen molar-refractivity contribution in [2.24, 2.45) is 0 Å². The lowest BCUT2D eigenvalue weighted by molar-refractivity contribution is 0.652. The smallest absolute Gasteiger partial charge is 0.0548 e. The minimum absolute atomic E-state index is 0.265. The van der Waals surface area contributed by atoms with Crippen molar-refractivity contribution >= 4 is 46.6 Å². The van der Waals surface area contributed by atoms with Crippen LogP contribution < -0.4 is 5.32 Å². The number of nitrogens with one attached hydrogen (secondary N) is 1. The zero-order valence-electron chi connectivity index (χ0n) is 11.1. The second-order valence-electron chi connectivity index (χ2n) is 4.38. The van der Waals surface area contributed by atoms with Gasteiger partial charge in [-0.15, -0.1) is 0 Å². The Morgan fingerprint density at radius 2 is 1.70 bits per heavy atom. The first kappa shape index (κ1) is 16.0. The third kappa shape index (κ3) is 3.84. The molecule has 0 saturated heterocycles. The standard InChI is InChI=1S/C15H14Cl3NS/c1-9(19-2)10-3-6-14(13(18)7-10)20-15-8-11(16)4-5-12(15)17/h3-9,19H,1-2H3. The Balaban J connectivity index is 2.28. The van der Waals surface area contributed by atoms with E-state index < -0.39 is 0 Å². The highest BCUT2D eigenvalue weighted by Gasteiger charge is 2.10. The molecular formula is C15H14Cl3NS. The van der Waals surface area contributed by atoms with E-state index in [0.29, 0.717) is 15.1 Å². The van der Waals surface area contributed by atoms with Crippen molar-refractivity contribution in [2.45, 2.75) is 22.8 Å². The second kappa shape index (κ2) is 7.06. The minimum atomic E-state index is 0.265. The minimum Gasteiger partial charge on any atom is -0.313 e. The molecule has 0 aliphatic rings. The van der Waals surface area contributed by atoms with Gasteiger partial charge in [-0.1, -0.05) is 52.6 Å². The van der Waals surface area contributed by atoms with Crippen LogP contribution in [-0.2, 0) is 0 Å². The monoisotopic (exact) mass is 345 g/mol. The Hall–Kier alpha value is -0.380. The van der Waals surface area contributed by atoms with Gasteiger partial charge in [-0.2, -0.15) is 0 Å². The van der Waals surface area contributed by atoms with E-state index in [1.54, 1.807) is 12.1 Å². The molecule has 0 saturated carbocycles. The number of rotatable bonds is 4. The summed E-state index contributed by atoms with van der Waals surface area (Å²) in [7, 11) is 1.92. The van der Waals surface area contributed by atoms with Crippen molar-refractivity contribution in [2.75, 3.05) is 7.05 Å². The predicted octanol–water partition coefficient (Wildman–Crippen LogP) is 6.08. The summed E-state index contributed by atoms with van der Waals surface area (Å²) >= 11 is 20.0. The van der Waals surface area contributed by atoms with E-state index in [9.17, 15) is 0 Å². The maximum absolute atomic E-state index is 6.35. The van der Waals surface area contributed by atoms with Gasteiger partial charge in [-0.25, -0.2) is 0 Å². The number of hydrogen-bond donors (Lipinski definition) is 1. The van der Waals surface area contributed by atoms with Gasteiger partial charge in [0.2, 0.25) is 0 Å². The van der Waals surface area contributed by atoms with E-state index >= 15 is 0 Å². The summed E-state index contributed by atoms with van der Waals surface area (Å²) in [6.45, 7) is 2.09. The molecule has 106 valence electrons. The highest BCUT2D eigenvalue weighted by Crippen LogP contribution is 2.39. The Morgan fingerprint density at radius 1 is 0.950 bits per heavy atom. The van der Waals surface area contributed by atoms with E-state index in [0.717, 1.165) is 15.4 Å². The molecule has 0 aliphatic heterocycles. The number of hydrogen-bond acceptors (Lipinski definition) is 2. The van der Waals surface area contributed by atoms with Crippen molar-refractivity contribution in [3.63, 3.8) is 0 Å². The van der Waals surface area contributed by atoms with Gasteiger partial charge >= 0.3 is 0 Å². The SMILES string of the molecule is CNC(C)c1ccc(Sc2cc(Cl)ccc2Cl)c(Cl)c1. The quantitative estimate of drug-likeness (QED) is 0.720. The average molecular weight is 347 g/mol. The molecule has 2 rings (SSSR count). The summed E-state index contributed by atoms with van der Waals surface area (Å²) in [5.74, 6) is 0. The van der Waals surface area contributed by atoms with E-state index in [-0.39, 0.29) is 6.04 Å². The normalized spacial score (nSPS) is 12.4. The molecule has 2 aromatic rings. The molecule has 0 amide bonds. The highest BCUT2D eigenvalue weighted by molar-refractivity contribution is 7.99. The van der Waals surface area contributed by atoms with Crippen LogP contribution in [0.1, 0.15) is 18.5 Å². The summed E-state index contributed by atoms with van der Waals surface area (Å²) in [6.07, 6.45) is 0. The van der Waals surface area contributed by atoms with Crippen LogP contribution in [0.15, 0.2) is 46.2 Å². The lowest BCUT2D eigenvalue weighted by Crippen LogP contribution is -2.12. The molecular weight excluding hydrogens is 333 g/mol. The molecule has 0 fully saturated rings. The molecule has 1 nitrogen and oxygen atoms in total. The van der Waals surface area contributed by atoms with Crippen molar-refractivity contribution in [3.8, 4) is 0 Å². The van der Waals surface area contributed by atoms with Gasteiger partial charge < -0.3 is 5.32 Å². The summed E-state index contributed by atoms with van der Waals surface area (Å²) in [6, 6.07) is 11.7. The Labute approximate surface area is 138 Å². The molecule has 0 heterocycles. The van der Waals surface area contributed by atoms with Gasteiger partial charge in [0.05, 0.1) is 10.0 Å². The Morgan fingerprint density at radius 3 is 2.35 bits per heavy atom. The van der Waals surface area contributed by atoms with Gasteiger partial charge in [-0.3, -0.25) is 0 Å². The van der Waals surface area contributed by atoms with E-state index in [1.807, 2.05) is 25.2 Å². The first-order chi connectivity index (χ1) is 9.51. The lowest BCUT2D eigenvalue weighted by atomic mass is 10.1. The van der Waals surface area contributed by atoms with Crippen LogP contribution in [0.2, 0.25) is 15.1 Å². The fourth-order valence-electron chi connectivity index (χ4n) is 1.71. The second-order valence-corrected chi connectivity index (χ2v) is 6.71. The van der Waals surface area contributed by atoms with Crippen LogP contribution in [0.5, 0.6) is 0 Å². The van der Waals surface area contributed by atoms with Crippen LogP contribution in [-0.4, -0.2) is 7.05 Å². The van der Waals surface area contributed by atoms with E-state index in [1.165, 1.54) is 11.8 Å². The summed E-state index contributed by atoms with van der Waals surface area (Å²) < 4.78 is 0. The maximum atomic E-state index is 6.35. The molecule has 0 aliphatic carbocycles. The largest absolute Gasteiger partial charge is 0.313 e. The zero-order chi connectivity index (χ0) is 14.7. The molecule has 5 heteroatoms. The topological polar surface area (TPSA) is 12.0 Å². The molecule has 1 N–H and O–H groups in total. The zero-order valence-corrected chi connectivity index (χ0v) is 14.2. The van der Waals surface area contributed by atoms with Crippen LogP contribution in [0, 0.1) is 0 Å². The molecule has 1 unspecified atom stereocenters. The molecule has 0 bridgehead atoms. The Kier molecular flexibility index (Phi) is 5.65. The van der Waals surface area contributed by atoms with Gasteiger partial charge in [0, 0.05) is 20.9 Å². The Bertz CT molecular complexity index is 616. The van der Waals surface area contributed by atoms with E-state index in [4.69, 9.17) is 34.8 Å². The van der Waals surface area contributed by atoms with Crippen molar-refractivity contribution in [1.29, 1.82) is 0 Å². The van der Waals surface area contributed by atoms with Gasteiger partial charge in [-0.05, 0) is 49.9 Å². The molecule has 2 aromatic carbocycles. The first-order valence-electron chi connectivity index (χ1n) is 6.11. The fraction of sp³-hybridized carbons (Fsp3) is 0.200. The molecule has 20 heavy (non-hydrogen) atoms. The lowest BCUT2D eigenvalue weighted by Gasteiger charge is -2.13.